The molecule has 92 valence electrons. The number of nitrogens with zero attached hydrogens (tertiary/aromatic N) is 1. The zero-order chi connectivity index (χ0) is 13.0. The topological polar surface area (TPSA) is 86.2 Å². The van der Waals surface area contributed by atoms with Gasteiger partial charge in [-0.05, 0) is 18.9 Å². The van der Waals surface area contributed by atoms with Crippen molar-refractivity contribution < 1.29 is 9.72 Å². The fourth-order valence-electron chi connectivity index (χ4n) is 1.96. The Balaban J connectivity index is 3.24. The molecule has 0 fully saturated rings. The lowest BCUT2D eigenvalue weighted by Crippen LogP contribution is -2.22. The molecule has 1 amide bonds. The summed E-state index contributed by atoms with van der Waals surface area (Å²) in [6.45, 7) is 3.60. The molecule has 1 atom stereocenters. The minimum Gasteiger partial charge on any atom is -0.369 e. The Morgan fingerprint density at radius 1 is 1.53 bits per heavy atom. The lowest BCUT2D eigenvalue weighted by Gasteiger charge is -2.15. The van der Waals surface area contributed by atoms with Crippen LogP contribution in [0.15, 0.2) is 18.2 Å². The van der Waals surface area contributed by atoms with Gasteiger partial charge in [0.05, 0.1) is 10.8 Å². The van der Waals surface area contributed by atoms with Crippen LogP contribution in [0.25, 0.3) is 0 Å². The SMILES string of the molecule is CCCC(C(N)=O)c1cccc([N+](=O)[O-])c1C. The highest BCUT2D eigenvalue weighted by molar-refractivity contribution is 5.82. The molecule has 5 nitrogen and oxygen atoms in total. The summed E-state index contributed by atoms with van der Waals surface area (Å²) in [5.41, 5.74) is 6.56. The minimum absolute atomic E-state index is 0.0323. The number of amides is 1. The maximum Gasteiger partial charge on any atom is 0.272 e. The van der Waals surface area contributed by atoms with Crippen LogP contribution in [0.4, 0.5) is 5.69 Å². The summed E-state index contributed by atoms with van der Waals surface area (Å²) in [6.07, 6.45) is 1.41. The molecule has 0 bridgehead atoms. The fraction of sp³-hybridized carbons (Fsp3) is 0.417. The highest BCUT2D eigenvalue weighted by Gasteiger charge is 2.22. The van der Waals surface area contributed by atoms with Crippen molar-refractivity contribution in [2.45, 2.75) is 32.6 Å². The molecule has 1 aromatic rings. The lowest BCUT2D eigenvalue weighted by atomic mass is 9.90. The van der Waals surface area contributed by atoms with Crippen LogP contribution in [0.3, 0.4) is 0 Å². The number of carbonyl (C=O) groups is 1. The Labute approximate surface area is 99.8 Å². The smallest absolute Gasteiger partial charge is 0.272 e. The van der Waals surface area contributed by atoms with Gasteiger partial charge in [-0.25, -0.2) is 0 Å². The second-order valence-corrected chi connectivity index (χ2v) is 3.99. The number of primary amides is 1. The van der Waals surface area contributed by atoms with Crippen molar-refractivity contribution in [2.75, 3.05) is 0 Å². The quantitative estimate of drug-likeness (QED) is 0.628. The number of hydrogen-bond acceptors (Lipinski definition) is 3. The Morgan fingerprint density at radius 3 is 2.65 bits per heavy atom. The Bertz CT molecular complexity index is 443. The van der Waals surface area contributed by atoms with Gasteiger partial charge >= 0.3 is 0 Å². The Morgan fingerprint density at radius 2 is 2.18 bits per heavy atom. The highest BCUT2D eigenvalue weighted by Crippen LogP contribution is 2.29. The second-order valence-electron chi connectivity index (χ2n) is 3.99. The molecular weight excluding hydrogens is 220 g/mol. The van der Waals surface area contributed by atoms with E-state index in [0.29, 0.717) is 17.5 Å². The molecule has 0 aliphatic rings. The number of hydrogen-bond donors (Lipinski definition) is 1. The van der Waals surface area contributed by atoms with Crippen LogP contribution < -0.4 is 5.73 Å². The Kier molecular flexibility index (Phi) is 4.20. The molecular formula is C12H16N2O3. The third-order valence-corrected chi connectivity index (χ3v) is 2.84. The summed E-state index contributed by atoms with van der Waals surface area (Å²) in [5.74, 6) is -0.879. The molecule has 0 aromatic heterocycles. The summed E-state index contributed by atoms with van der Waals surface area (Å²) in [7, 11) is 0. The first-order valence-corrected chi connectivity index (χ1v) is 5.52. The third kappa shape index (κ3) is 2.81. The average molecular weight is 236 g/mol. The van der Waals surface area contributed by atoms with Crippen molar-refractivity contribution >= 4 is 11.6 Å². The van der Waals surface area contributed by atoms with Crippen molar-refractivity contribution in [3.8, 4) is 0 Å². The van der Waals surface area contributed by atoms with Crippen LogP contribution in [-0.2, 0) is 4.79 Å². The maximum atomic E-state index is 11.4. The predicted octanol–water partition coefficient (Wildman–Crippen LogP) is 2.27. The minimum atomic E-state index is -0.445. The van der Waals surface area contributed by atoms with Crippen molar-refractivity contribution in [3.63, 3.8) is 0 Å². The molecule has 0 radical (unpaired) electrons. The Hall–Kier alpha value is -1.91. The largest absolute Gasteiger partial charge is 0.369 e. The predicted molar refractivity (Wildman–Crippen MR) is 64.7 cm³/mol. The summed E-state index contributed by atoms with van der Waals surface area (Å²) < 4.78 is 0. The maximum absolute atomic E-state index is 11.4. The molecule has 0 saturated heterocycles. The summed E-state index contributed by atoms with van der Waals surface area (Å²) >= 11 is 0. The molecule has 0 heterocycles. The van der Waals surface area contributed by atoms with E-state index in [2.05, 4.69) is 0 Å². The number of nitro benzene ring substituents is 1. The average Bonchev–Trinajstić information content (AvgIpc) is 2.26. The number of carbonyl (C=O) groups excluding carboxylic acids is 1. The van der Waals surface area contributed by atoms with Crippen LogP contribution in [-0.4, -0.2) is 10.8 Å². The van der Waals surface area contributed by atoms with Gasteiger partial charge in [0, 0.05) is 11.6 Å². The normalized spacial score (nSPS) is 12.1. The number of rotatable bonds is 5. The fourth-order valence-corrected chi connectivity index (χ4v) is 1.96. The second kappa shape index (κ2) is 5.43. The van der Waals surface area contributed by atoms with Gasteiger partial charge in [-0.3, -0.25) is 14.9 Å². The molecule has 17 heavy (non-hydrogen) atoms. The lowest BCUT2D eigenvalue weighted by molar-refractivity contribution is -0.385. The van der Waals surface area contributed by atoms with Crippen LogP contribution in [0.2, 0.25) is 0 Å². The molecule has 1 rings (SSSR count). The molecule has 1 aromatic carbocycles. The van der Waals surface area contributed by atoms with Gasteiger partial charge in [0.1, 0.15) is 0 Å². The van der Waals surface area contributed by atoms with Gasteiger partial charge in [0.25, 0.3) is 5.69 Å². The first-order valence-electron chi connectivity index (χ1n) is 5.52. The standard InChI is InChI=1S/C12H16N2O3/c1-3-5-10(12(13)15)9-6-4-7-11(8(9)2)14(16)17/h4,6-7,10H,3,5H2,1-2H3,(H2,13,15). The van der Waals surface area contributed by atoms with Gasteiger partial charge in [-0.2, -0.15) is 0 Å². The summed E-state index contributed by atoms with van der Waals surface area (Å²) in [5, 5.41) is 10.8. The van der Waals surface area contributed by atoms with Crippen molar-refractivity contribution in [1.29, 1.82) is 0 Å². The van der Waals surface area contributed by atoms with Gasteiger partial charge in [0.15, 0.2) is 0 Å². The van der Waals surface area contributed by atoms with Crippen molar-refractivity contribution in [3.05, 3.63) is 39.4 Å². The summed E-state index contributed by atoms with van der Waals surface area (Å²) in [4.78, 5) is 21.7. The van der Waals surface area contributed by atoms with E-state index >= 15 is 0 Å². The van der Waals surface area contributed by atoms with E-state index in [1.807, 2.05) is 6.92 Å². The molecule has 5 heteroatoms. The zero-order valence-electron chi connectivity index (χ0n) is 9.97. The van der Waals surface area contributed by atoms with Crippen LogP contribution >= 0.6 is 0 Å². The highest BCUT2D eigenvalue weighted by atomic mass is 16.6. The molecule has 1 unspecified atom stereocenters. The van der Waals surface area contributed by atoms with E-state index in [4.69, 9.17) is 5.73 Å². The molecule has 0 saturated carbocycles. The molecule has 0 aliphatic carbocycles. The van der Waals surface area contributed by atoms with Crippen molar-refractivity contribution in [1.82, 2.24) is 0 Å². The first-order chi connectivity index (χ1) is 7.99. The monoisotopic (exact) mass is 236 g/mol. The molecule has 2 N–H and O–H groups in total. The van der Waals surface area contributed by atoms with E-state index in [0.717, 1.165) is 6.42 Å². The van der Waals surface area contributed by atoms with Gasteiger partial charge in [-0.15, -0.1) is 0 Å². The van der Waals surface area contributed by atoms with Crippen LogP contribution in [0.1, 0.15) is 36.8 Å². The van der Waals surface area contributed by atoms with Crippen LogP contribution in [0, 0.1) is 17.0 Å². The zero-order valence-corrected chi connectivity index (χ0v) is 9.97. The van der Waals surface area contributed by atoms with Gasteiger partial charge < -0.3 is 5.73 Å². The third-order valence-electron chi connectivity index (χ3n) is 2.84. The number of nitro groups is 1. The van der Waals surface area contributed by atoms with Gasteiger partial charge in [-0.1, -0.05) is 25.5 Å². The first kappa shape index (κ1) is 13.2. The summed E-state index contributed by atoms with van der Waals surface area (Å²) in [6, 6.07) is 4.75. The number of benzene rings is 1. The number of nitrogens with two attached hydrogens (primary N) is 1. The van der Waals surface area contributed by atoms with E-state index in [9.17, 15) is 14.9 Å². The van der Waals surface area contributed by atoms with E-state index in [1.54, 1.807) is 19.1 Å². The molecule has 0 aliphatic heterocycles. The van der Waals surface area contributed by atoms with E-state index < -0.39 is 16.7 Å². The van der Waals surface area contributed by atoms with Crippen molar-refractivity contribution in [2.24, 2.45) is 5.73 Å². The van der Waals surface area contributed by atoms with E-state index in [1.165, 1.54) is 6.07 Å². The van der Waals surface area contributed by atoms with Gasteiger partial charge in [0.2, 0.25) is 5.91 Å². The molecule has 0 spiro atoms. The van der Waals surface area contributed by atoms with E-state index in [-0.39, 0.29) is 5.69 Å². The van der Waals surface area contributed by atoms with Crippen LogP contribution in [0.5, 0.6) is 0 Å².